The second-order valence-electron chi connectivity index (χ2n) is 5.31. The maximum absolute atomic E-state index is 9.21. The molecule has 0 radical (unpaired) electrons. The minimum Gasteiger partial charge on any atom is -0.411 e. The van der Waals surface area contributed by atoms with Crippen LogP contribution in [0.2, 0.25) is 18.1 Å². The Morgan fingerprint density at radius 2 is 1.87 bits per heavy atom. The van der Waals surface area contributed by atoms with Gasteiger partial charge in [0.1, 0.15) is 0 Å². The van der Waals surface area contributed by atoms with Crippen LogP contribution in [-0.2, 0) is 4.43 Å². The van der Waals surface area contributed by atoms with Crippen molar-refractivity contribution in [3.63, 3.8) is 0 Å². The third-order valence-electron chi connectivity index (χ3n) is 2.98. The fourth-order valence-corrected chi connectivity index (χ4v) is 2.30. The topological polar surface area (TPSA) is 29.5 Å². The van der Waals surface area contributed by atoms with Crippen molar-refractivity contribution in [3.05, 3.63) is 0 Å². The van der Waals surface area contributed by atoms with Crippen molar-refractivity contribution in [1.82, 2.24) is 0 Å². The zero-order chi connectivity index (χ0) is 12.1. The van der Waals surface area contributed by atoms with Gasteiger partial charge in [0.25, 0.3) is 0 Å². The van der Waals surface area contributed by atoms with Crippen molar-refractivity contribution in [2.45, 2.75) is 58.4 Å². The summed E-state index contributed by atoms with van der Waals surface area (Å²) >= 11 is 0. The van der Waals surface area contributed by atoms with Crippen LogP contribution in [-0.4, -0.2) is 26.1 Å². The Kier molecular flexibility index (Phi) is 5.58. The lowest BCUT2D eigenvalue weighted by Crippen LogP contribution is -2.44. The van der Waals surface area contributed by atoms with E-state index < -0.39 is 8.32 Å². The van der Waals surface area contributed by atoms with E-state index in [9.17, 15) is 5.11 Å². The van der Waals surface area contributed by atoms with Gasteiger partial charge in [-0.25, -0.2) is 0 Å². The van der Waals surface area contributed by atoms with E-state index in [1.807, 2.05) is 0 Å². The molecule has 15 heavy (non-hydrogen) atoms. The molecule has 0 aromatic rings. The van der Waals surface area contributed by atoms with E-state index >= 15 is 0 Å². The van der Waals surface area contributed by atoms with Gasteiger partial charge in [0.15, 0.2) is 8.32 Å². The van der Waals surface area contributed by atoms with Crippen LogP contribution in [0.15, 0.2) is 0 Å². The van der Waals surface area contributed by atoms with E-state index in [2.05, 4.69) is 45.7 Å². The highest BCUT2D eigenvalue weighted by molar-refractivity contribution is 6.74. The Morgan fingerprint density at radius 1 is 1.33 bits per heavy atom. The Morgan fingerprint density at radius 3 is 2.20 bits per heavy atom. The Bertz CT molecular complexity index is 243. The third kappa shape index (κ3) is 4.83. The Labute approximate surface area is 95.2 Å². The van der Waals surface area contributed by atoms with Gasteiger partial charge >= 0.3 is 0 Å². The highest BCUT2D eigenvalue weighted by Crippen LogP contribution is 2.37. The van der Waals surface area contributed by atoms with E-state index in [0.29, 0.717) is 6.42 Å². The van der Waals surface area contributed by atoms with E-state index in [1.54, 1.807) is 6.92 Å². The maximum atomic E-state index is 9.21. The normalized spacial score (nSPS) is 14.3. The molecule has 3 heteroatoms. The van der Waals surface area contributed by atoms with Crippen LogP contribution in [0.4, 0.5) is 0 Å². The summed E-state index contributed by atoms with van der Waals surface area (Å²) in [4.78, 5) is 0. The molecule has 88 valence electrons. The summed E-state index contributed by atoms with van der Waals surface area (Å²) in [6.45, 7) is 12.8. The molecular weight excluding hydrogens is 204 g/mol. The highest BCUT2D eigenvalue weighted by Gasteiger charge is 2.38. The quantitative estimate of drug-likeness (QED) is 0.592. The Hall–Kier alpha value is -0.303. The van der Waals surface area contributed by atoms with Gasteiger partial charge in [-0.05, 0) is 25.1 Å². The number of hydrogen-bond acceptors (Lipinski definition) is 2. The number of aliphatic hydroxyl groups excluding tert-OH is 1. The van der Waals surface area contributed by atoms with Crippen molar-refractivity contribution >= 4 is 8.32 Å². The van der Waals surface area contributed by atoms with E-state index in [-0.39, 0.29) is 17.7 Å². The lowest BCUT2D eigenvalue weighted by Gasteiger charge is -2.38. The van der Waals surface area contributed by atoms with Gasteiger partial charge < -0.3 is 9.53 Å². The molecule has 0 aliphatic heterocycles. The first-order valence-electron chi connectivity index (χ1n) is 5.43. The second kappa shape index (κ2) is 5.69. The predicted molar refractivity (Wildman–Crippen MR) is 67.2 cm³/mol. The average molecular weight is 228 g/mol. The summed E-state index contributed by atoms with van der Waals surface area (Å²) < 4.78 is 6.04. The molecule has 2 nitrogen and oxygen atoms in total. The standard InChI is InChI=1S/C12H24O2Si/c1-7-8-9-11(10-13)14-15(5,6)12(2,3)4/h11,13H,9-10H2,1-6H3/t11-/m1/s1. The van der Waals surface area contributed by atoms with Gasteiger partial charge in [-0.3, -0.25) is 0 Å². The van der Waals surface area contributed by atoms with Gasteiger partial charge in [0.2, 0.25) is 0 Å². The smallest absolute Gasteiger partial charge is 0.192 e. The first-order valence-corrected chi connectivity index (χ1v) is 8.33. The molecule has 1 atom stereocenters. The molecule has 0 aliphatic rings. The zero-order valence-corrected chi connectivity index (χ0v) is 11.8. The summed E-state index contributed by atoms with van der Waals surface area (Å²) in [6, 6.07) is 0. The number of aliphatic hydroxyl groups is 1. The van der Waals surface area contributed by atoms with Gasteiger partial charge in [0.05, 0.1) is 12.7 Å². The van der Waals surface area contributed by atoms with Gasteiger partial charge in [0, 0.05) is 6.42 Å². The first-order chi connectivity index (χ1) is 6.74. The SMILES string of the molecule is CC#CC[C@H](CO)O[Si](C)(C)C(C)(C)C. The summed E-state index contributed by atoms with van der Waals surface area (Å²) in [5.74, 6) is 5.79. The van der Waals surface area contributed by atoms with Crippen LogP contribution in [0, 0.1) is 11.8 Å². The minimum absolute atomic E-state index is 0.0567. The molecule has 0 saturated heterocycles. The van der Waals surface area contributed by atoms with Crippen LogP contribution < -0.4 is 0 Å². The second-order valence-corrected chi connectivity index (χ2v) is 10.1. The van der Waals surface area contributed by atoms with E-state index in [0.717, 1.165) is 0 Å². The van der Waals surface area contributed by atoms with Crippen molar-refractivity contribution < 1.29 is 9.53 Å². The Balaban J connectivity index is 4.44. The van der Waals surface area contributed by atoms with Gasteiger partial charge in [-0.15, -0.1) is 11.8 Å². The first kappa shape index (κ1) is 14.7. The maximum Gasteiger partial charge on any atom is 0.192 e. The summed E-state index contributed by atoms with van der Waals surface area (Å²) in [6.07, 6.45) is 0.498. The molecule has 0 fully saturated rings. The molecule has 0 aromatic heterocycles. The molecule has 0 heterocycles. The largest absolute Gasteiger partial charge is 0.411 e. The molecule has 0 bridgehead atoms. The summed E-state index contributed by atoms with van der Waals surface area (Å²) in [5.41, 5.74) is 0. The lowest BCUT2D eigenvalue weighted by atomic mass is 10.2. The van der Waals surface area contributed by atoms with Crippen molar-refractivity contribution in [2.24, 2.45) is 0 Å². The molecule has 0 aromatic carbocycles. The molecule has 0 saturated carbocycles. The molecular formula is C12H24O2Si. The number of rotatable bonds is 4. The predicted octanol–water partition coefficient (Wildman–Crippen LogP) is 2.78. The average Bonchev–Trinajstić information content (AvgIpc) is 2.10. The van der Waals surface area contributed by atoms with Crippen molar-refractivity contribution in [1.29, 1.82) is 0 Å². The fraction of sp³-hybridized carbons (Fsp3) is 0.833. The molecule has 1 N–H and O–H groups in total. The molecule has 0 aliphatic carbocycles. The van der Waals surface area contributed by atoms with Crippen LogP contribution in [0.25, 0.3) is 0 Å². The molecule has 0 rings (SSSR count). The monoisotopic (exact) mass is 228 g/mol. The highest BCUT2D eigenvalue weighted by atomic mass is 28.4. The summed E-state index contributed by atoms with van der Waals surface area (Å²) in [7, 11) is -1.77. The van der Waals surface area contributed by atoms with Crippen molar-refractivity contribution in [2.75, 3.05) is 6.61 Å². The molecule has 0 unspecified atom stereocenters. The van der Waals surface area contributed by atoms with Gasteiger partial charge in [-0.1, -0.05) is 20.8 Å². The van der Waals surface area contributed by atoms with Crippen molar-refractivity contribution in [3.8, 4) is 11.8 Å². The van der Waals surface area contributed by atoms with Crippen LogP contribution in [0.3, 0.4) is 0 Å². The fourth-order valence-electron chi connectivity index (χ4n) is 0.953. The summed E-state index contributed by atoms with van der Waals surface area (Å²) in [5, 5.41) is 9.39. The van der Waals surface area contributed by atoms with E-state index in [4.69, 9.17) is 4.43 Å². The zero-order valence-electron chi connectivity index (χ0n) is 10.8. The number of hydrogen-bond donors (Lipinski definition) is 1. The van der Waals surface area contributed by atoms with Gasteiger partial charge in [-0.2, -0.15) is 0 Å². The third-order valence-corrected chi connectivity index (χ3v) is 7.51. The van der Waals surface area contributed by atoms with Crippen LogP contribution in [0.1, 0.15) is 34.1 Å². The lowest BCUT2D eigenvalue weighted by molar-refractivity contribution is 0.107. The van der Waals surface area contributed by atoms with E-state index in [1.165, 1.54) is 0 Å². The minimum atomic E-state index is -1.77. The molecule has 0 amide bonds. The van der Waals surface area contributed by atoms with Crippen LogP contribution >= 0.6 is 0 Å². The van der Waals surface area contributed by atoms with Crippen LogP contribution in [0.5, 0.6) is 0 Å². The molecule has 0 spiro atoms.